The SMILES string of the molecule is COC(=O)c1cc(Sc2cccc(C)c2)ccc1N. The molecule has 0 heterocycles. The van der Waals surface area contributed by atoms with E-state index in [1.54, 1.807) is 23.9 Å². The van der Waals surface area contributed by atoms with Crippen molar-refractivity contribution >= 4 is 23.4 Å². The molecule has 0 bridgehead atoms. The minimum absolute atomic E-state index is 0.403. The van der Waals surface area contributed by atoms with Gasteiger partial charge < -0.3 is 10.5 Å². The summed E-state index contributed by atoms with van der Waals surface area (Å²) in [6, 6.07) is 13.6. The molecule has 0 atom stereocenters. The Morgan fingerprint density at radius 2 is 1.89 bits per heavy atom. The first-order valence-corrected chi connectivity index (χ1v) is 6.64. The van der Waals surface area contributed by atoms with Gasteiger partial charge in [-0.15, -0.1) is 0 Å². The molecule has 4 heteroatoms. The normalized spacial score (nSPS) is 10.2. The highest BCUT2D eigenvalue weighted by atomic mass is 32.2. The van der Waals surface area contributed by atoms with E-state index in [4.69, 9.17) is 10.5 Å². The van der Waals surface area contributed by atoms with Gasteiger partial charge in [0.05, 0.1) is 12.7 Å². The van der Waals surface area contributed by atoms with Gasteiger partial charge in [0.15, 0.2) is 0 Å². The average molecular weight is 273 g/mol. The number of esters is 1. The Labute approximate surface area is 116 Å². The molecule has 0 unspecified atom stereocenters. The average Bonchev–Trinajstić information content (AvgIpc) is 2.40. The lowest BCUT2D eigenvalue weighted by atomic mass is 10.2. The Balaban J connectivity index is 2.29. The topological polar surface area (TPSA) is 52.3 Å². The number of carbonyl (C=O) groups excluding carboxylic acids is 1. The summed E-state index contributed by atoms with van der Waals surface area (Å²) in [5.74, 6) is -0.413. The lowest BCUT2D eigenvalue weighted by Crippen LogP contribution is -2.05. The van der Waals surface area contributed by atoms with Crippen LogP contribution in [0.5, 0.6) is 0 Å². The molecule has 98 valence electrons. The van der Waals surface area contributed by atoms with Gasteiger partial charge in [-0.2, -0.15) is 0 Å². The second-order valence-electron chi connectivity index (χ2n) is 4.16. The van der Waals surface area contributed by atoms with Crippen LogP contribution in [0.3, 0.4) is 0 Å². The van der Waals surface area contributed by atoms with Crippen molar-refractivity contribution in [1.29, 1.82) is 0 Å². The second kappa shape index (κ2) is 5.80. The van der Waals surface area contributed by atoms with Gasteiger partial charge in [0.1, 0.15) is 0 Å². The lowest BCUT2D eigenvalue weighted by molar-refractivity contribution is 0.0601. The van der Waals surface area contributed by atoms with E-state index < -0.39 is 5.97 Å². The van der Waals surface area contributed by atoms with Crippen molar-refractivity contribution in [2.45, 2.75) is 16.7 Å². The van der Waals surface area contributed by atoms with Crippen LogP contribution in [0.1, 0.15) is 15.9 Å². The number of methoxy groups -OCH3 is 1. The first-order chi connectivity index (χ1) is 9.10. The molecule has 0 radical (unpaired) electrons. The Kier molecular flexibility index (Phi) is 4.12. The molecule has 2 rings (SSSR count). The van der Waals surface area contributed by atoms with Crippen LogP contribution < -0.4 is 5.73 Å². The van der Waals surface area contributed by atoms with Crippen molar-refractivity contribution in [2.75, 3.05) is 12.8 Å². The third kappa shape index (κ3) is 3.29. The molecule has 0 aliphatic heterocycles. The smallest absolute Gasteiger partial charge is 0.339 e. The van der Waals surface area contributed by atoms with Crippen molar-refractivity contribution in [1.82, 2.24) is 0 Å². The number of nitrogens with two attached hydrogens (primary N) is 1. The summed E-state index contributed by atoms with van der Waals surface area (Å²) in [7, 11) is 1.35. The summed E-state index contributed by atoms with van der Waals surface area (Å²) < 4.78 is 4.71. The van der Waals surface area contributed by atoms with E-state index in [-0.39, 0.29) is 0 Å². The Morgan fingerprint density at radius 3 is 2.58 bits per heavy atom. The van der Waals surface area contributed by atoms with Crippen molar-refractivity contribution < 1.29 is 9.53 Å². The summed E-state index contributed by atoms with van der Waals surface area (Å²) >= 11 is 1.59. The summed E-state index contributed by atoms with van der Waals surface area (Å²) in [5.41, 5.74) is 7.81. The maximum Gasteiger partial charge on any atom is 0.339 e. The van der Waals surface area contributed by atoms with Crippen LogP contribution in [0, 0.1) is 6.92 Å². The number of rotatable bonds is 3. The van der Waals surface area contributed by atoms with Gasteiger partial charge in [-0.1, -0.05) is 29.5 Å². The van der Waals surface area contributed by atoms with E-state index in [2.05, 4.69) is 6.07 Å². The van der Waals surface area contributed by atoms with Crippen LogP contribution >= 0.6 is 11.8 Å². The Morgan fingerprint density at radius 1 is 1.16 bits per heavy atom. The maximum absolute atomic E-state index is 11.6. The quantitative estimate of drug-likeness (QED) is 0.686. The van der Waals surface area contributed by atoms with E-state index in [9.17, 15) is 4.79 Å². The first kappa shape index (κ1) is 13.5. The molecule has 0 aliphatic carbocycles. The van der Waals surface area contributed by atoms with Gasteiger partial charge in [0.25, 0.3) is 0 Å². The maximum atomic E-state index is 11.6. The third-order valence-corrected chi connectivity index (χ3v) is 3.63. The lowest BCUT2D eigenvalue weighted by Gasteiger charge is -2.07. The molecular formula is C15H15NO2S. The highest BCUT2D eigenvalue weighted by Gasteiger charge is 2.11. The summed E-state index contributed by atoms with van der Waals surface area (Å²) in [5, 5.41) is 0. The predicted molar refractivity (Wildman–Crippen MR) is 77.5 cm³/mol. The molecule has 0 spiro atoms. The number of nitrogen functional groups attached to an aromatic ring is 1. The Hall–Kier alpha value is -1.94. The van der Waals surface area contributed by atoms with Gasteiger partial charge in [0, 0.05) is 15.5 Å². The molecule has 0 aromatic heterocycles. The molecule has 0 fully saturated rings. The molecule has 3 nitrogen and oxygen atoms in total. The van der Waals surface area contributed by atoms with E-state index in [0.717, 1.165) is 9.79 Å². The standard InChI is InChI=1S/C15H15NO2S/c1-10-4-3-5-11(8-10)19-12-6-7-14(16)13(9-12)15(17)18-2/h3-9H,16H2,1-2H3. The van der Waals surface area contributed by atoms with E-state index in [0.29, 0.717) is 11.3 Å². The zero-order valence-corrected chi connectivity index (χ0v) is 11.7. The highest BCUT2D eigenvalue weighted by molar-refractivity contribution is 7.99. The van der Waals surface area contributed by atoms with Crippen LogP contribution in [0.15, 0.2) is 52.3 Å². The molecule has 2 N–H and O–H groups in total. The Bertz CT molecular complexity index is 611. The van der Waals surface area contributed by atoms with Gasteiger partial charge in [0.2, 0.25) is 0 Å². The van der Waals surface area contributed by atoms with Crippen LogP contribution in [-0.4, -0.2) is 13.1 Å². The third-order valence-electron chi connectivity index (χ3n) is 2.66. The van der Waals surface area contributed by atoms with E-state index in [1.807, 2.05) is 31.2 Å². The van der Waals surface area contributed by atoms with Crippen LogP contribution in [-0.2, 0) is 4.74 Å². The summed E-state index contributed by atoms with van der Waals surface area (Å²) in [6.45, 7) is 2.05. The predicted octanol–water partition coefficient (Wildman–Crippen LogP) is 3.52. The summed E-state index contributed by atoms with van der Waals surface area (Å²) in [4.78, 5) is 13.7. The van der Waals surface area contributed by atoms with Crippen molar-refractivity contribution in [2.24, 2.45) is 0 Å². The van der Waals surface area contributed by atoms with Crippen LogP contribution in [0.25, 0.3) is 0 Å². The van der Waals surface area contributed by atoms with Crippen molar-refractivity contribution in [3.05, 3.63) is 53.6 Å². The molecule has 19 heavy (non-hydrogen) atoms. The second-order valence-corrected chi connectivity index (χ2v) is 5.31. The fourth-order valence-electron chi connectivity index (χ4n) is 1.70. The zero-order chi connectivity index (χ0) is 13.8. The number of carbonyl (C=O) groups is 1. The fraction of sp³-hybridized carbons (Fsp3) is 0.133. The molecule has 0 amide bonds. The number of hydrogen-bond acceptors (Lipinski definition) is 4. The molecule has 0 saturated carbocycles. The highest BCUT2D eigenvalue weighted by Crippen LogP contribution is 2.30. The van der Waals surface area contributed by atoms with Gasteiger partial charge in [-0.05, 0) is 37.3 Å². The fourth-order valence-corrected chi connectivity index (χ4v) is 2.68. The van der Waals surface area contributed by atoms with Crippen LogP contribution in [0.2, 0.25) is 0 Å². The molecule has 0 saturated heterocycles. The van der Waals surface area contributed by atoms with Gasteiger partial charge >= 0.3 is 5.97 Å². The van der Waals surface area contributed by atoms with Crippen molar-refractivity contribution in [3.63, 3.8) is 0 Å². The first-order valence-electron chi connectivity index (χ1n) is 5.82. The van der Waals surface area contributed by atoms with Crippen LogP contribution in [0.4, 0.5) is 5.69 Å². The monoisotopic (exact) mass is 273 g/mol. The van der Waals surface area contributed by atoms with Gasteiger partial charge in [-0.3, -0.25) is 0 Å². The van der Waals surface area contributed by atoms with E-state index in [1.165, 1.54) is 12.7 Å². The molecular weight excluding hydrogens is 258 g/mol. The number of ether oxygens (including phenoxy) is 1. The number of benzene rings is 2. The molecule has 2 aromatic carbocycles. The van der Waals surface area contributed by atoms with E-state index >= 15 is 0 Å². The minimum atomic E-state index is -0.413. The minimum Gasteiger partial charge on any atom is -0.465 e. The number of anilines is 1. The summed E-state index contributed by atoms with van der Waals surface area (Å²) in [6.07, 6.45) is 0. The molecule has 0 aliphatic rings. The molecule has 2 aromatic rings. The number of aryl methyl sites for hydroxylation is 1. The largest absolute Gasteiger partial charge is 0.465 e. The zero-order valence-electron chi connectivity index (χ0n) is 10.8. The number of hydrogen-bond donors (Lipinski definition) is 1. The van der Waals surface area contributed by atoms with Gasteiger partial charge in [-0.25, -0.2) is 4.79 Å². The van der Waals surface area contributed by atoms with Crippen molar-refractivity contribution in [3.8, 4) is 0 Å².